The number of thiazole rings is 1. The number of hydrogen-bond acceptors (Lipinski definition) is 7. The predicted octanol–water partition coefficient (Wildman–Crippen LogP) is 5.47. The van der Waals surface area contributed by atoms with Crippen LogP contribution in [-0.4, -0.2) is 27.4 Å². The lowest BCUT2D eigenvalue weighted by molar-refractivity contribution is -0.130. The highest BCUT2D eigenvalue weighted by atomic mass is 32.2. The number of aromatic nitrogens is 1. The molecular formula is C22H17N3O3S2. The lowest BCUT2D eigenvalue weighted by Gasteiger charge is -2.19. The zero-order valence-corrected chi connectivity index (χ0v) is 17.4. The standard InChI is InChI=1S/C22H17N3O3S2/c26-21(14-30-22-23-17(13-29-22)15-6-2-1-3-7-15)25-18(20-9-5-11-28-20)12-16(24-25)19-8-4-10-27-19/h1-11,13,18H,12,14H2/t18-/m0/s1. The number of carbonyl (C=O) groups is 1. The first kappa shape index (κ1) is 18.9. The molecule has 0 saturated heterocycles. The molecule has 1 aromatic carbocycles. The molecule has 3 aromatic heterocycles. The second-order valence-corrected chi connectivity index (χ2v) is 8.73. The first-order chi connectivity index (χ1) is 14.8. The van der Waals surface area contributed by atoms with E-state index in [0.29, 0.717) is 17.9 Å². The zero-order chi connectivity index (χ0) is 20.3. The molecule has 0 radical (unpaired) electrons. The third kappa shape index (κ3) is 3.83. The van der Waals surface area contributed by atoms with E-state index < -0.39 is 0 Å². The molecule has 6 nitrogen and oxygen atoms in total. The Labute approximate surface area is 181 Å². The van der Waals surface area contributed by atoms with Gasteiger partial charge < -0.3 is 8.83 Å². The largest absolute Gasteiger partial charge is 0.467 e. The Hall–Kier alpha value is -3.10. The molecule has 0 N–H and O–H groups in total. The van der Waals surface area contributed by atoms with Crippen molar-refractivity contribution in [3.63, 3.8) is 0 Å². The molecule has 1 atom stereocenters. The quantitative estimate of drug-likeness (QED) is 0.376. The predicted molar refractivity (Wildman–Crippen MR) is 116 cm³/mol. The summed E-state index contributed by atoms with van der Waals surface area (Å²) in [5.41, 5.74) is 2.72. The van der Waals surface area contributed by atoms with E-state index in [4.69, 9.17) is 8.83 Å². The van der Waals surface area contributed by atoms with Gasteiger partial charge in [-0.2, -0.15) is 5.10 Å². The third-order valence-corrected chi connectivity index (χ3v) is 6.72. The molecule has 4 aromatic rings. The number of thioether (sulfide) groups is 1. The molecule has 1 aliphatic rings. The lowest BCUT2D eigenvalue weighted by Crippen LogP contribution is -2.28. The zero-order valence-electron chi connectivity index (χ0n) is 15.8. The van der Waals surface area contributed by atoms with Crippen LogP contribution in [0.1, 0.15) is 24.0 Å². The molecule has 0 aliphatic carbocycles. The van der Waals surface area contributed by atoms with Crippen molar-refractivity contribution in [2.45, 2.75) is 16.8 Å². The Bertz CT molecular complexity index is 1150. The number of hydrazone groups is 1. The molecule has 150 valence electrons. The molecule has 1 amide bonds. The minimum atomic E-state index is -0.274. The van der Waals surface area contributed by atoms with Crippen molar-refractivity contribution in [3.05, 3.63) is 84.0 Å². The van der Waals surface area contributed by atoms with E-state index in [1.807, 2.05) is 60.0 Å². The Morgan fingerprint density at radius 1 is 1.10 bits per heavy atom. The van der Waals surface area contributed by atoms with E-state index in [1.54, 1.807) is 12.5 Å². The van der Waals surface area contributed by atoms with Crippen LogP contribution >= 0.6 is 23.1 Å². The Morgan fingerprint density at radius 3 is 2.70 bits per heavy atom. The van der Waals surface area contributed by atoms with Gasteiger partial charge in [0.05, 0.1) is 24.0 Å². The highest BCUT2D eigenvalue weighted by Crippen LogP contribution is 2.35. The second-order valence-electron chi connectivity index (χ2n) is 6.65. The molecular weight excluding hydrogens is 418 g/mol. The SMILES string of the molecule is O=C(CSc1nc(-c2ccccc2)cs1)N1N=C(c2ccco2)C[C@H]1c1ccco1. The summed E-state index contributed by atoms with van der Waals surface area (Å²) in [7, 11) is 0. The molecule has 0 bridgehead atoms. The maximum absolute atomic E-state index is 13.0. The van der Waals surface area contributed by atoms with Crippen molar-refractivity contribution in [2.75, 3.05) is 5.75 Å². The topological polar surface area (TPSA) is 71.8 Å². The van der Waals surface area contributed by atoms with E-state index in [2.05, 4.69) is 10.1 Å². The van der Waals surface area contributed by atoms with Gasteiger partial charge in [-0.1, -0.05) is 42.1 Å². The maximum atomic E-state index is 13.0. The van der Waals surface area contributed by atoms with Gasteiger partial charge in [-0.05, 0) is 24.3 Å². The molecule has 30 heavy (non-hydrogen) atoms. The van der Waals surface area contributed by atoms with Gasteiger partial charge in [0.1, 0.15) is 23.3 Å². The number of carbonyl (C=O) groups excluding carboxylic acids is 1. The molecule has 0 fully saturated rings. The Balaban J connectivity index is 1.31. The van der Waals surface area contributed by atoms with Crippen molar-refractivity contribution >= 4 is 34.7 Å². The smallest absolute Gasteiger partial charge is 0.253 e. The number of furan rings is 2. The summed E-state index contributed by atoms with van der Waals surface area (Å²) in [6, 6.07) is 17.1. The number of benzene rings is 1. The normalized spacial score (nSPS) is 16.1. The van der Waals surface area contributed by atoms with Crippen LogP contribution in [0.3, 0.4) is 0 Å². The average Bonchev–Trinajstić information content (AvgIpc) is 3.57. The Morgan fingerprint density at radius 2 is 1.93 bits per heavy atom. The summed E-state index contributed by atoms with van der Waals surface area (Å²) in [4.78, 5) is 17.7. The summed E-state index contributed by atoms with van der Waals surface area (Å²) in [6.45, 7) is 0. The average molecular weight is 436 g/mol. The van der Waals surface area contributed by atoms with Crippen LogP contribution < -0.4 is 0 Å². The van der Waals surface area contributed by atoms with Crippen molar-refractivity contribution in [1.29, 1.82) is 0 Å². The van der Waals surface area contributed by atoms with Gasteiger partial charge in [0.15, 0.2) is 4.34 Å². The summed E-state index contributed by atoms with van der Waals surface area (Å²) in [6.07, 6.45) is 3.76. The van der Waals surface area contributed by atoms with Gasteiger partial charge in [0.2, 0.25) is 0 Å². The first-order valence-electron chi connectivity index (χ1n) is 9.38. The molecule has 8 heteroatoms. The first-order valence-corrected chi connectivity index (χ1v) is 11.2. The van der Waals surface area contributed by atoms with E-state index in [-0.39, 0.29) is 17.7 Å². The lowest BCUT2D eigenvalue weighted by atomic mass is 10.1. The van der Waals surface area contributed by atoms with Gasteiger partial charge >= 0.3 is 0 Å². The molecule has 1 aliphatic heterocycles. The summed E-state index contributed by atoms with van der Waals surface area (Å²) < 4.78 is 11.9. The van der Waals surface area contributed by atoms with Crippen LogP contribution in [0.15, 0.2) is 90.8 Å². The van der Waals surface area contributed by atoms with Gasteiger partial charge in [-0.3, -0.25) is 4.79 Å². The van der Waals surface area contributed by atoms with E-state index in [0.717, 1.165) is 21.3 Å². The summed E-state index contributed by atoms with van der Waals surface area (Å²) in [5.74, 6) is 1.52. The molecule has 0 spiro atoms. The minimum Gasteiger partial charge on any atom is -0.467 e. The van der Waals surface area contributed by atoms with E-state index in [1.165, 1.54) is 28.1 Å². The van der Waals surface area contributed by atoms with Gasteiger partial charge in [0.25, 0.3) is 5.91 Å². The summed E-state index contributed by atoms with van der Waals surface area (Å²) in [5, 5.41) is 8.07. The molecule has 0 unspecified atom stereocenters. The number of rotatable bonds is 6. The Kier molecular flexibility index (Phi) is 5.25. The van der Waals surface area contributed by atoms with Crippen molar-refractivity contribution in [3.8, 4) is 11.3 Å². The van der Waals surface area contributed by atoms with Crippen LogP contribution in [-0.2, 0) is 4.79 Å². The highest BCUT2D eigenvalue weighted by Gasteiger charge is 2.35. The highest BCUT2D eigenvalue weighted by molar-refractivity contribution is 8.01. The van der Waals surface area contributed by atoms with Gasteiger partial charge in [0, 0.05) is 17.4 Å². The van der Waals surface area contributed by atoms with Gasteiger partial charge in [-0.15, -0.1) is 11.3 Å². The fraction of sp³-hybridized carbons (Fsp3) is 0.136. The molecule has 0 saturated carbocycles. The van der Waals surface area contributed by atoms with Crippen molar-refractivity contribution in [2.24, 2.45) is 5.10 Å². The number of amides is 1. The van der Waals surface area contributed by atoms with Crippen molar-refractivity contribution in [1.82, 2.24) is 9.99 Å². The monoisotopic (exact) mass is 435 g/mol. The fourth-order valence-corrected chi connectivity index (χ4v) is 4.98. The second kappa shape index (κ2) is 8.33. The van der Waals surface area contributed by atoms with Crippen LogP contribution in [0.5, 0.6) is 0 Å². The minimum absolute atomic E-state index is 0.0978. The number of hydrogen-bond donors (Lipinski definition) is 0. The van der Waals surface area contributed by atoms with E-state index >= 15 is 0 Å². The fourth-order valence-electron chi connectivity index (χ4n) is 3.29. The van der Waals surface area contributed by atoms with Crippen LogP contribution in [0, 0.1) is 0 Å². The van der Waals surface area contributed by atoms with Gasteiger partial charge in [-0.25, -0.2) is 9.99 Å². The van der Waals surface area contributed by atoms with Crippen molar-refractivity contribution < 1.29 is 13.6 Å². The maximum Gasteiger partial charge on any atom is 0.253 e. The number of nitrogens with zero attached hydrogens (tertiary/aromatic N) is 3. The molecule has 4 heterocycles. The van der Waals surface area contributed by atoms with Crippen LogP contribution in [0.4, 0.5) is 0 Å². The molecule has 5 rings (SSSR count). The van der Waals surface area contributed by atoms with Crippen LogP contribution in [0.2, 0.25) is 0 Å². The van der Waals surface area contributed by atoms with E-state index in [9.17, 15) is 4.79 Å². The van der Waals surface area contributed by atoms with Crippen LogP contribution in [0.25, 0.3) is 11.3 Å². The third-order valence-electron chi connectivity index (χ3n) is 4.71. The summed E-state index contributed by atoms with van der Waals surface area (Å²) >= 11 is 2.96.